The van der Waals surface area contributed by atoms with Crippen molar-refractivity contribution in [2.75, 3.05) is 0 Å². The predicted molar refractivity (Wildman–Crippen MR) is 73.8 cm³/mol. The molecular formula is C13H14N2O4S. The first-order chi connectivity index (χ1) is 9.56. The lowest BCUT2D eigenvalue weighted by Gasteiger charge is -2.04. The molecule has 2 heterocycles. The largest absolute Gasteiger partial charge is 0.478 e. The zero-order valence-corrected chi connectivity index (χ0v) is 11.6. The van der Waals surface area contributed by atoms with E-state index < -0.39 is 5.97 Å². The van der Waals surface area contributed by atoms with Gasteiger partial charge in [0.05, 0.1) is 13.1 Å². The third-order valence-electron chi connectivity index (χ3n) is 2.63. The molecule has 0 aromatic carbocycles. The number of carbonyl (C=O) groups is 2. The van der Waals surface area contributed by atoms with E-state index in [1.807, 2.05) is 17.5 Å². The molecule has 0 saturated carbocycles. The normalized spacial score (nSPS) is 10.2. The number of carbonyl (C=O) groups excluding carboxylic acids is 1. The van der Waals surface area contributed by atoms with Crippen LogP contribution in [-0.2, 0) is 13.1 Å². The summed E-state index contributed by atoms with van der Waals surface area (Å²) in [5, 5.41) is 16.1. The second-order valence-electron chi connectivity index (χ2n) is 4.10. The summed E-state index contributed by atoms with van der Waals surface area (Å²) in [6.45, 7) is 2.18. The number of nitrogens with one attached hydrogen (secondary N) is 2. The molecule has 0 aliphatic rings. The average molecular weight is 294 g/mol. The van der Waals surface area contributed by atoms with Crippen molar-refractivity contribution in [2.45, 2.75) is 20.0 Å². The molecule has 2 amide bonds. The Morgan fingerprint density at radius 3 is 2.70 bits per heavy atom. The maximum atomic E-state index is 11.6. The van der Waals surface area contributed by atoms with Crippen molar-refractivity contribution in [3.63, 3.8) is 0 Å². The molecular weight excluding hydrogens is 280 g/mol. The molecule has 0 radical (unpaired) electrons. The molecule has 0 spiro atoms. The minimum absolute atomic E-state index is 0.112. The van der Waals surface area contributed by atoms with Gasteiger partial charge in [-0.05, 0) is 24.4 Å². The average Bonchev–Trinajstić information content (AvgIpc) is 3.03. The number of aryl methyl sites for hydroxylation is 1. The van der Waals surface area contributed by atoms with Crippen molar-refractivity contribution in [1.82, 2.24) is 10.6 Å². The molecule has 2 aromatic rings. The summed E-state index contributed by atoms with van der Waals surface area (Å²) in [6, 6.07) is 4.93. The smallest absolute Gasteiger partial charge is 0.339 e. The lowest BCUT2D eigenvalue weighted by atomic mass is 10.2. The highest BCUT2D eigenvalue weighted by molar-refractivity contribution is 7.09. The maximum absolute atomic E-state index is 11.6. The third-order valence-corrected chi connectivity index (χ3v) is 3.50. The van der Waals surface area contributed by atoms with Crippen LogP contribution in [0.25, 0.3) is 0 Å². The highest BCUT2D eigenvalue weighted by Crippen LogP contribution is 2.14. The van der Waals surface area contributed by atoms with Gasteiger partial charge in [-0.1, -0.05) is 6.07 Å². The highest BCUT2D eigenvalue weighted by atomic mass is 32.1. The van der Waals surface area contributed by atoms with E-state index in [1.165, 1.54) is 6.07 Å². The van der Waals surface area contributed by atoms with Gasteiger partial charge in [0.15, 0.2) is 0 Å². The van der Waals surface area contributed by atoms with Gasteiger partial charge in [0.25, 0.3) is 0 Å². The number of thiophene rings is 1. The van der Waals surface area contributed by atoms with Crippen LogP contribution in [0.2, 0.25) is 0 Å². The molecule has 7 heteroatoms. The summed E-state index contributed by atoms with van der Waals surface area (Å²) in [4.78, 5) is 23.5. The SMILES string of the molecule is Cc1oc(CNC(=O)NCc2cccs2)cc1C(=O)O. The Labute approximate surface area is 119 Å². The van der Waals surface area contributed by atoms with Crippen molar-refractivity contribution < 1.29 is 19.1 Å². The Hall–Kier alpha value is -2.28. The monoisotopic (exact) mass is 294 g/mol. The van der Waals surface area contributed by atoms with Gasteiger partial charge < -0.3 is 20.2 Å². The topological polar surface area (TPSA) is 91.6 Å². The number of carboxylic acid groups (broad SMARTS) is 1. The molecule has 0 aliphatic carbocycles. The van der Waals surface area contributed by atoms with Crippen molar-refractivity contribution in [1.29, 1.82) is 0 Å². The Kier molecular flexibility index (Phi) is 4.41. The van der Waals surface area contributed by atoms with E-state index in [2.05, 4.69) is 10.6 Å². The number of urea groups is 1. The molecule has 0 bridgehead atoms. The lowest BCUT2D eigenvalue weighted by Crippen LogP contribution is -2.34. The van der Waals surface area contributed by atoms with E-state index in [0.717, 1.165) is 4.88 Å². The molecule has 2 aromatic heterocycles. The Balaban J connectivity index is 1.81. The van der Waals surface area contributed by atoms with Gasteiger partial charge >= 0.3 is 12.0 Å². The van der Waals surface area contributed by atoms with Crippen LogP contribution in [0.5, 0.6) is 0 Å². The zero-order valence-electron chi connectivity index (χ0n) is 10.8. The second-order valence-corrected chi connectivity index (χ2v) is 5.14. The summed E-state index contributed by atoms with van der Waals surface area (Å²) in [5.41, 5.74) is 0.112. The van der Waals surface area contributed by atoms with Crippen molar-refractivity contribution in [2.24, 2.45) is 0 Å². The van der Waals surface area contributed by atoms with Crippen molar-refractivity contribution in [3.8, 4) is 0 Å². The lowest BCUT2D eigenvalue weighted by molar-refractivity contribution is 0.0695. The number of amides is 2. The molecule has 0 fully saturated rings. The van der Waals surface area contributed by atoms with E-state index in [4.69, 9.17) is 9.52 Å². The van der Waals surface area contributed by atoms with Crippen LogP contribution in [0.15, 0.2) is 28.0 Å². The van der Waals surface area contributed by atoms with E-state index in [0.29, 0.717) is 18.1 Å². The fourth-order valence-electron chi connectivity index (χ4n) is 1.65. The predicted octanol–water partition coefficient (Wildman–Crippen LogP) is 2.35. The van der Waals surface area contributed by atoms with E-state index in [-0.39, 0.29) is 18.1 Å². The number of hydrogen-bond donors (Lipinski definition) is 3. The molecule has 0 saturated heterocycles. The summed E-state index contributed by atoms with van der Waals surface area (Å²) >= 11 is 1.56. The second kappa shape index (κ2) is 6.25. The fraction of sp³-hybridized carbons (Fsp3) is 0.231. The van der Waals surface area contributed by atoms with Crippen molar-refractivity contribution >= 4 is 23.3 Å². The van der Waals surface area contributed by atoms with Crippen LogP contribution in [0.1, 0.15) is 26.8 Å². The van der Waals surface area contributed by atoms with Gasteiger partial charge in [0, 0.05) is 4.88 Å². The van der Waals surface area contributed by atoms with Crippen LogP contribution >= 0.6 is 11.3 Å². The van der Waals surface area contributed by atoms with Gasteiger partial charge in [-0.15, -0.1) is 11.3 Å². The van der Waals surface area contributed by atoms with Crippen LogP contribution in [0.3, 0.4) is 0 Å². The van der Waals surface area contributed by atoms with Gasteiger partial charge in [-0.3, -0.25) is 0 Å². The van der Waals surface area contributed by atoms with Gasteiger partial charge in [0.2, 0.25) is 0 Å². The third kappa shape index (κ3) is 3.61. The Bertz CT molecular complexity index is 604. The molecule has 106 valence electrons. The van der Waals surface area contributed by atoms with Crippen LogP contribution < -0.4 is 10.6 Å². The first-order valence-electron chi connectivity index (χ1n) is 5.93. The van der Waals surface area contributed by atoms with Gasteiger partial charge in [-0.2, -0.15) is 0 Å². The number of hydrogen-bond acceptors (Lipinski definition) is 4. The molecule has 20 heavy (non-hydrogen) atoms. The molecule has 2 rings (SSSR count). The summed E-state index contributed by atoms with van der Waals surface area (Å²) in [6.07, 6.45) is 0. The molecule has 0 atom stereocenters. The molecule has 0 aliphatic heterocycles. The van der Waals surface area contributed by atoms with E-state index in [1.54, 1.807) is 18.3 Å². The first kappa shape index (κ1) is 14.1. The minimum Gasteiger partial charge on any atom is -0.478 e. The fourth-order valence-corrected chi connectivity index (χ4v) is 2.30. The van der Waals surface area contributed by atoms with Crippen LogP contribution in [0, 0.1) is 6.92 Å². The molecule has 6 nitrogen and oxygen atoms in total. The highest BCUT2D eigenvalue weighted by Gasteiger charge is 2.13. The van der Waals surface area contributed by atoms with Crippen LogP contribution in [-0.4, -0.2) is 17.1 Å². The summed E-state index contributed by atoms with van der Waals surface area (Å²) in [7, 11) is 0. The first-order valence-corrected chi connectivity index (χ1v) is 6.81. The molecule has 3 N–H and O–H groups in total. The minimum atomic E-state index is -1.04. The quantitative estimate of drug-likeness (QED) is 0.789. The van der Waals surface area contributed by atoms with Gasteiger partial charge in [-0.25, -0.2) is 9.59 Å². The standard InChI is InChI=1S/C13H14N2O4S/c1-8-11(12(16)17)5-9(19-8)6-14-13(18)15-7-10-3-2-4-20-10/h2-5H,6-7H2,1H3,(H,16,17)(H2,14,15,18). The number of aromatic carboxylic acids is 1. The van der Waals surface area contributed by atoms with E-state index >= 15 is 0 Å². The van der Waals surface area contributed by atoms with E-state index in [9.17, 15) is 9.59 Å². The van der Waals surface area contributed by atoms with Crippen molar-refractivity contribution in [3.05, 3.63) is 45.5 Å². The number of furan rings is 1. The number of carboxylic acids is 1. The summed E-state index contributed by atoms with van der Waals surface area (Å²) in [5.74, 6) is -0.306. The maximum Gasteiger partial charge on any atom is 0.339 e. The Morgan fingerprint density at radius 2 is 2.10 bits per heavy atom. The summed E-state index contributed by atoms with van der Waals surface area (Å²) < 4.78 is 5.26. The van der Waals surface area contributed by atoms with Gasteiger partial charge in [0.1, 0.15) is 17.1 Å². The Morgan fingerprint density at radius 1 is 1.35 bits per heavy atom. The number of rotatable bonds is 5. The molecule has 0 unspecified atom stereocenters. The zero-order chi connectivity index (χ0) is 14.5. The van der Waals surface area contributed by atoms with Crippen LogP contribution in [0.4, 0.5) is 4.79 Å².